The monoisotopic (exact) mass is 279 g/mol. The smallest absolute Gasteiger partial charge is 0.250 e. The number of halogens is 1. The van der Waals surface area contributed by atoms with Gasteiger partial charge in [0.2, 0.25) is 5.91 Å². The van der Waals surface area contributed by atoms with Crippen LogP contribution >= 0.6 is 11.6 Å². The molecule has 2 aromatic heterocycles. The van der Waals surface area contributed by atoms with Gasteiger partial charge in [0, 0.05) is 24.8 Å². The molecule has 5 nitrogen and oxygen atoms in total. The molecule has 0 unspecified atom stereocenters. The highest BCUT2D eigenvalue weighted by Gasteiger charge is 2.13. The van der Waals surface area contributed by atoms with Crippen LogP contribution < -0.4 is 10.6 Å². The van der Waals surface area contributed by atoms with Gasteiger partial charge in [-0.1, -0.05) is 11.6 Å². The van der Waals surface area contributed by atoms with Gasteiger partial charge in [-0.2, -0.15) is 0 Å². The molecule has 100 valence electrons. The van der Waals surface area contributed by atoms with Crippen LogP contribution in [0.15, 0.2) is 35.3 Å². The lowest BCUT2D eigenvalue weighted by atomic mass is 10.2. The van der Waals surface area contributed by atoms with Crippen molar-refractivity contribution in [3.05, 3.63) is 47.0 Å². The zero-order valence-electron chi connectivity index (χ0n) is 10.5. The highest BCUT2D eigenvalue weighted by Crippen LogP contribution is 2.25. The van der Waals surface area contributed by atoms with Gasteiger partial charge in [-0.05, 0) is 19.1 Å². The Bertz CT molecular complexity index is 569. The maximum atomic E-state index is 11.1. The molecular weight excluding hydrogens is 266 g/mol. The number of primary amides is 1. The Kier molecular flexibility index (Phi) is 4.06. The van der Waals surface area contributed by atoms with Gasteiger partial charge in [-0.15, -0.1) is 0 Å². The average Bonchev–Trinajstić information content (AvgIpc) is 2.89. The minimum absolute atomic E-state index is 0.299. The molecule has 1 amide bonds. The molecule has 0 aromatic carbocycles. The number of rotatable bonds is 5. The number of pyridine rings is 1. The van der Waals surface area contributed by atoms with E-state index in [2.05, 4.69) is 4.98 Å². The zero-order valence-corrected chi connectivity index (χ0v) is 11.2. The minimum atomic E-state index is -0.543. The van der Waals surface area contributed by atoms with Crippen molar-refractivity contribution in [2.24, 2.45) is 5.73 Å². The molecule has 0 atom stereocenters. The molecule has 6 heteroatoms. The van der Waals surface area contributed by atoms with E-state index >= 15 is 0 Å². The van der Waals surface area contributed by atoms with Crippen LogP contribution in [0.3, 0.4) is 0 Å². The number of nitrogens with zero attached hydrogens (tertiary/aromatic N) is 2. The van der Waals surface area contributed by atoms with Crippen molar-refractivity contribution < 1.29 is 9.21 Å². The quantitative estimate of drug-likeness (QED) is 0.912. The van der Waals surface area contributed by atoms with Crippen molar-refractivity contribution in [3.63, 3.8) is 0 Å². The molecule has 0 fully saturated rings. The number of furan rings is 1. The maximum absolute atomic E-state index is 11.1. The summed E-state index contributed by atoms with van der Waals surface area (Å²) in [5.41, 5.74) is 6.51. The van der Waals surface area contributed by atoms with E-state index in [0.29, 0.717) is 22.9 Å². The summed E-state index contributed by atoms with van der Waals surface area (Å²) in [4.78, 5) is 17.3. The third-order valence-corrected chi connectivity index (χ3v) is 3.02. The Balaban J connectivity index is 2.25. The first kappa shape index (κ1) is 13.4. The van der Waals surface area contributed by atoms with Crippen molar-refractivity contribution in [2.75, 3.05) is 11.4 Å². The van der Waals surface area contributed by atoms with Crippen LogP contribution in [0, 0.1) is 0 Å². The second kappa shape index (κ2) is 5.75. The van der Waals surface area contributed by atoms with Gasteiger partial charge < -0.3 is 15.1 Å². The number of aromatic nitrogens is 1. The Morgan fingerprint density at radius 2 is 2.37 bits per heavy atom. The van der Waals surface area contributed by atoms with E-state index in [1.54, 1.807) is 12.5 Å². The number of carbonyl (C=O) groups excluding carboxylic acids is 1. The second-order valence-electron chi connectivity index (χ2n) is 4.04. The predicted octanol–water partition coefficient (Wildman–Crippen LogP) is 2.45. The second-order valence-corrected chi connectivity index (χ2v) is 4.45. The molecule has 2 rings (SSSR count). The Morgan fingerprint density at radius 1 is 1.58 bits per heavy atom. The number of carbonyl (C=O) groups is 1. The molecule has 0 saturated heterocycles. The van der Waals surface area contributed by atoms with E-state index in [4.69, 9.17) is 21.8 Å². The van der Waals surface area contributed by atoms with Crippen LogP contribution in [0.4, 0.5) is 5.82 Å². The van der Waals surface area contributed by atoms with Crippen molar-refractivity contribution in [2.45, 2.75) is 13.5 Å². The summed E-state index contributed by atoms with van der Waals surface area (Å²) >= 11 is 6.15. The highest BCUT2D eigenvalue weighted by atomic mass is 35.5. The van der Waals surface area contributed by atoms with E-state index in [1.165, 1.54) is 12.3 Å². The number of hydrogen-bond donors (Lipinski definition) is 1. The third-order valence-electron chi connectivity index (χ3n) is 2.74. The molecule has 0 radical (unpaired) electrons. The van der Waals surface area contributed by atoms with E-state index in [-0.39, 0.29) is 0 Å². The molecule has 0 aliphatic rings. The largest absolute Gasteiger partial charge is 0.472 e. The van der Waals surface area contributed by atoms with Gasteiger partial charge >= 0.3 is 0 Å². The summed E-state index contributed by atoms with van der Waals surface area (Å²) in [5.74, 6) is 0.0780. The number of anilines is 1. The van der Waals surface area contributed by atoms with E-state index in [1.807, 2.05) is 17.9 Å². The van der Waals surface area contributed by atoms with Crippen molar-refractivity contribution in [1.29, 1.82) is 0 Å². The topological polar surface area (TPSA) is 72.4 Å². The van der Waals surface area contributed by atoms with Gasteiger partial charge in [0.15, 0.2) is 0 Å². The SMILES string of the molecule is CCN(Cc1ccoc1)c1ncc(C(N)=O)cc1Cl. The fourth-order valence-corrected chi connectivity index (χ4v) is 2.02. The van der Waals surface area contributed by atoms with Crippen LogP contribution in [0.25, 0.3) is 0 Å². The minimum Gasteiger partial charge on any atom is -0.472 e. The van der Waals surface area contributed by atoms with Crippen molar-refractivity contribution in [1.82, 2.24) is 4.98 Å². The van der Waals surface area contributed by atoms with E-state index in [0.717, 1.165) is 12.1 Å². The van der Waals surface area contributed by atoms with Crippen molar-refractivity contribution in [3.8, 4) is 0 Å². The van der Waals surface area contributed by atoms with Gasteiger partial charge in [0.05, 0.1) is 23.1 Å². The first-order valence-corrected chi connectivity index (χ1v) is 6.21. The lowest BCUT2D eigenvalue weighted by Crippen LogP contribution is -2.23. The van der Waals surface area contributed by atoms with Gasteiger partial charge in [-0.3, -0.25) is 4.79 Å². The Morgan fingerprint density at radius 3 is 2.89 bits per heavy atom. The van der Waals surface area contributed by atoms with Crippen LogP contribution in [0.5, 0.6) is 0 Å². The molecular formula is C13H14ClN3O2. The number of amides is 1. The number of nitrogens with two attached hydrogens (primary N) is 1. The summed E-state index contributed by atoms with van der Waals surface area (Å²) in [7, 11) is 0. The molecule has 2 N–H and O–H groups in total. The normalized spacial score (nSPS) is 10.4. The van der Waals surface area contributed by atoms with Crippen LogP contribution in [-0.2, 0) is 6.54 Å². The Labute approximate surface area is 116 Å². The molecule has 2 heterocycles. The van der Waals surface area contributed by atoms with E-state index < -0.39 is 5.91 Å². The van der Waals surface area contributed by atoms with Gasteiger partial charge in [0.25, 0.3) is 0 Å². The summed E-state index contributed by atoms with van der Waals surface area (Å²) < 4.78 is 5.04. The predicted molar refractivity (Wildman–Crippen MR) is 73.2 cm³/mol. The number of hydrogen-bond acceptors (Lipinski definition) is 4. The van der Waals surface area contributed by atoms with Crippen molar-refractivity contribution >= 4 is 23.3 Å². The highest BCUT2D eigenvalue weighted by molar-refractivity contribution is 6.33. The summed E-state index contributed by atoms with van der Waals surface area (Å²) in [6.07, 6.45) is 4.73. The standard InChI is InChI=1S/C13H14ClN3O2/c1-2-17(7-9-3-4-19-8-9)13-11(14)5-10(6-16-13)12(15)18/h3-6,8H,2,7H2,1H3,(H2,15,18). The fraction of sp³-hybridized carbons (Fsp3) is 0.231. The van der Waals surface area contributed by atoms with E-state index in [9.17, 15) is 4.79 Å². The Hall–Kier alpha value is -2.01. The molecule has 0 aliphatic heterocycles. The van der Waals surface area contributed by atoms with Crippen LogP contribution in [-0.4, -0.2) is 17.4 Å². The lowest BCUT2D eigenvalue weighted by Gasteiger charge is -2.22. The summed E-state index contributed by atoms with van der Waals surface area (Å²) in [6.45, 7) is 3.36. The molecule has 19 heavy (non-hydrogen) atoms. The zero-order chi connectivity index (χ0) is 13.8. The fourth-order valence-electron chi connectivity index (χ4n) is 1.74. The molecule has 0 bridgehead atoms. The summed E-state index contributed by atoms with van der Waals surface area (Å²) in [6, 6.07) is 3.42. The average molecular weight is 280 g/mol. The van der Waals surface area contributed by atoms with Crippen LogP contribution in [0.2, 0.25) is 5.02 Å². The third kappa shape index (κ3) is 3.06. The summed E-state index contributed by atoms with van der Waals surface area (Å²) in [5, 5.41) is 0.404. The maximum Gasteiger partial charge on any atom is 0.250 e. The van der Waals surface area contributed by atoms with Gasteiger partial charge in [0.1, 0.15) is 5.82 Å². The molecule has 0 aliphatic carbocycles. The first-order valence-electron chi connectivity index (χ1n) is 5.83. The lowest BCUT2D eigenvalue weighted by molar-refractivity contribution is 0.1000. The molecule has 2 aromatic rings. The molecule has 0 spiro atoms. The first-order chi connectivity index (χ1) is 9.11. The van der Waals surface area contributed by atoms with Crippen LogP contribution in [0.1, 0.15) is 22.8 Å². The molecule has 0 saturated carbocycles. The van der Waals surface area contributed by atoms with Gasteiger partial charge in [-0.25, -0.2) is 4.98 Å².